The Kier molecular flexibility index (Phi) is 7.50. The number of urea groups is 1. The second-order valence-electron chi connectivity index (χ2n) is 8.09. The fourth-order valence-electron chi connectivity index (χ4n) is 3.74. The lowest BCUT2D eigenvalue weighted by Crippen LogP contribution is -2.20. The summed E-state index contributed by atoms with van der Waals surface area (Å²) in [6.07, 6.45) is 1.28. The van der Waals surface area contributed by atoms with Crippen LogP contribution in [-0.4, -0.2) is 49.5 Å². The maximum absolute atomic E-state index is 14.8. The average Bonchev–Trinajstić information content (AvgIpc) is 2.92. The average molecular weight is 542 g/mol. The molecule has 202 valence electrons. The number of anilines is 2. The molecule has 0 unspecified atom stereocenters. The van der Waals surface area contributed by atoms with E-state index in [1.165, 1.54) is 18.5 Å². The minimum Gasteiger partial charge on any atom is -0.487 e. The van der Waals surface area contributed by atoms with Crippen LogP contribution in [-0.2, 0) is 4.74 Å². The van der Waals surface area contributed by atoms with E-state index >= 15 is 0 Å². The van der Waals surface area contributed by atoms with Gasteiger partial charge >= 0.3 is 6.03 Å². The van der Waals surface area contributed by atoms with Gasteiger partial charge in [0.05, 0.1) is 23.5 Å². The Bertz CT molecular complexity index is 1540. The standard InChI is InChI=1S/C26H21F3N4O6/c1-35-6-7-36-21-12-20-22(24-23(21)37-8-9-38-24)25(31-13-30-20)39-15-3-5-19(17(29)11-15)33-26(34)32-18-4-2-14(27)10-16(18)28/h2-5,10-13H,6-9H2,1H3,(H2,32,33,34). The molecule has 0 spiro atoms. The molecule has 0 aliphatic carbocycles. The quantitative estimate of drug-likeness (QED) is 0.289. The van der Waals surface area contributed by atoms with Gasteiger partial charge in [-0.15, -0.1) is 0 Å². The van der Waals surface area contributed by atoms with Crippen molar-refractivity contribution in [2.24, 2.45) is 0 Å². The Morgan fingerprint density at radius 2 is 1.64 bits per heavy atom. The van der Waals surface area contributed by atoms with Gasteiger partial charge in [0.25, 0.3) is 0 Å². The molecule has 0 radical (unpaired) electrons. The van der Waals surface area contributed by atoms with Crippen LogP contribution in [0.2, 0.25) is 0 Å². The van der Waals surface area contributed by atoms with Gasteiger partial charge in [-0.2, -0.15) is 0 Å². The van der Waals surface area contributed by atoms with E-state index < -0.39 is 23.5 Å². The summed E-state index contributed by atoms with van der Waals surface area (Å²) in [5.74, 6) is -1.37. The van der Waals surface area contributed by atoms with Crippen molar-refractivity contribution in [2.45, 2.75) is 0 Å². The number of hydrogen-bond acceptors (Lipinski definition) is 8. The van der Waals surface area contributed by atoms with Crippen LogP contribution in [0.5, 0.6) is 28.9 Å². The fourth-order valence-corrected chi connectivity index (χ4v) is 3.74. The number of methoxy groups -OCH3 is 1. The van der Waals surface area contributed by atoms with Crippen LogP contribution >= 0.6 is 0 Å². The van der Waals surface area contributed by atoms with Crippen LogP contribution in [0, 0.1) is 17.5 Å². The zero-order chi connectivity index (χ0) is 27.4. The van der Waals surface area contributed by atoms with Gasteiger partial charge in [-0.3, -0.25) is 0 Å². The van der Waals surface area contributed by atoms with Crippen LogP contribution in [0.1, 0.15) is 0 Å². The molecule has 0 saturated carbocycles. The highest BCUT2D eigenvalue weighted by Crippen LogP contribution is 2.47. The lowest BCUT2D eigenvalue weighted by molar-refractivity contribution is 0.134. The predicted molar refractivity (Wildman–Crippen MR) is 133 cm³/mol. The van der Waals surface area contributed by atoms with E-state index in [2.05, 4.69) is 20.6 Å². The molecule has 2 heterocycles. The van der Waals surface area contributed by atoms with Crippen molar-refractivity contribution in [3.05, 3.63) is 66.2 Å². The Morgan fingerprint density at radius 3 is 2.36 bits per heavy atom. The first-order valence-corrected chi connectivity index (χ1v) is 11.6. The normalized spacial score (nSPS) is 12.2. The predicted octanol–water partition coefficient (Wildman–Crippen LogP) is 5.28. The van der Waals surface area contributed by atoms with Crippen molar-refractivity contribution in [2.75, 3.05) is 44.2 Å². The first-order valence-electron chi connectivity index (χ1n) is 11.6. The maximum atomic E-state index is 14.8. The number of amides is 2. The summed E-state index contributed by atoms with van der Waals surface area (Å²) in [6.45, 7) is 1.23. The Hall–Kier alpha value is -4.78. The van der Waals surface area contributed by atoms with Crippen molar-refractivity contribution < 1.29 is 41.7 Å². The van der Waals surface area contributed by atoms with Gasteiger partial charge in [-0.05, 0) is 24.3 Å². The molecule has 1 aliphatic rings. The molecule has 4 aromatic rings. The molecule has 0 atom stereocenters. The monoisotopic (exact) mass is 542 g/mol. The number of rotatable bonds is 8. The van der Waals surface area contributed by atoms with Gasteiger partial charge in [-0.25, -0.2) is 27.9 Å². The van der Waals surface area contributed by atoms with Crippen LogP contribution < -0.4 is 29.6 Å². The Labute approximate surface area is 219 Å². The Balaban J connectivity index is 1.37. The molecule has 10 nitrogen and oxygen atoms in total. The number of carbonyl (C=O) groups excluding carboxylic acids is 1. The highest BCUT2D eigenvalue weighted by Gasteiger charge is 2.25. The minimum atomic E-state index is -0.975. The molecule has 0 saturated heterocycles. The fraction of sp³-hybridized carbons (Fsp3) is 0.192. The molecular formula is C26H21F3N4O6. The zero-order valence-electron chi connectivity index (χ0n) is 20.4. The van der Waals surface area contributed by atoms with Crippen molar-refractivity contribution in [3.8, 4) is 28.9 Å². The van der Waals surface area contributed by atoms with Crippen LogP contribution in [0.25, 0.3) is 10.9 Å². The van der Waals surface area contributed by atoms with E-state index in [0.717, 1.165) is 18.2 Å². The Morgan fingerprint density at radius 1 is 0.923 bits per heavy atom. The lowest BCUT2D eigenvalue weighted by atomic mass is 10.1. The maximum Gasteiger partial charge on any atom is 0.323 e. The largest absolute Gasteiger partial charge is 0.487 e. The molecule has 1 aliphatic heterocycles. The molecule has 0 fully saturated rings. The van der Waals surface area contributed by atoms with Crippen molar-refractivity contribution >= 4 is 28.3 Å². The third-order valence-corrected chi connectivity index (χ3v) is 5.47. The third-order valence-electron chi connectivity index (χ3n) is 5.47. The number of ether oxygens (including phenoxy) is 5. The minimum absolute atomic E-state index is 0.0638. The topological polar surface area (TPSA) is 113 Å². The van der Waals surface area contributed by atoms with Crippen molar-refractivity contribution in [3.63, 3.8) is 0 Å². The van der Waals surface area contributed by atoms with Crippen LogP contribution in [0.4, 0.5) is 29.3 Å². The number of fused-ring (bicyclic) bond motifs is 3. The van der Waals surface area contributed by atoms with E-state index in [1.54, 1.807) is 13.2 Å². The van der Waals surface area contributed by atoms with Gasteiger partial charge in [0.2, 0.25) is 11.6 Å². The summed E-state index contributed by atoms with van der Waals surface area (Å²) in [7, 11) is 1.56. The van der Waals surface area contributed by atoms with E-state index in [-0.39, 0.29) is 36.2 Å². The molecule has 13 heteroatoms. The molecule has 2 N–H and O–H groups in total. The summed E-state index contributed by atoms with van der Waals surface area (Å²) >= 11 is 0. The van der Waals surface area contributed by atoms with Gasteiger partial charge in [0.1, 0.15) is 54.7 Å². The molecular weight excluding hydrogens is 521 g/mol. The number of halogens is 3. The van der Waals surface area contributed by atoms with E-state index in [9.17, 15) is 18.0 Å². The number of carbonyl (C=O) groups is 1. The number of aromatic nitrogens is 2. The highest BCUT2D eigenvalue weighted by molar-refractivity contribution is 6.00. The van der Waals surface area contributed by atoms with E-state index in [1.807, 2.05) is 0 Å². The molecule has 3 aromatic carbocycles. The number of nitrogens with one attached hydrogen (secondary N) is 2. The van der Waals surface area contributed by atoms with Gasteiger partial charge in [-0.1, -0.05) is 0 Å². The lowest BCUT2D eigenvalue weighted by Gasteiger charge is -2.23. The van der Waals surface area contributed by atoms with E-state index in [0.29, 0.717) is 47.4 Å². The molecule has 39 heavy (non-hydrogen) atoms. The van der Waals surface area contributed by atoms with Gasteiger partial charge < -0.3 is 34.3 Å². The summed E-state index contributed by atoms with van der Waals surface area (Å²) < 4.78 is 69.9. The second kappa shape index (κ2) is 11.3. The third kappa shape index (κ3) is 5.72. The number of nitrogens with zero attached hydrogens (tertiary/aromatic N) is 2. The van der Waals surface area contributed by atoms with Crippen LogP contribution in [0.3, 0.4) is 0 Å². The number of benzene rings is 3. The molecule has 2 amide bonds. The smallest absolute Gasteiger partial charge is 0.323 e. The van der Waals surface area contributed by atoms with Crippen LogP contribution in [0.15, 0.2) is 48.8 Å². The zero-order valence-corrected chi connectivity index (χ0v) is 20.4. The summed E-state index contributed by atoms with van der Waals surface area (Å²) in [5.41, 5.74) is -0.0336. The first kappa shape index (κ1) is 25.9. The number of hydrogen-bond donors (Lipinski definition) is 2. The van der Waals surface area contributed by atoms with Crippen molar-refractivity contribution in [1.82, 2.24) is 9.97 Å². The first-order chi connectivity index (χ1) is 18.9. The summed E-state index contributed by atoms with van der Waals surface area (Å²) in [5, 5.41) is 4.85. The van der Waals surface area contributed by atoms with Gasteiger partial charge in [0, 0.05) is 25.3 Å². The van der Waals surface area contributed by atoms with E-state index in [4.69, 9.17) is 23.7 Å². The molecule has 1 aromatic heterocycles. The van der Waals surface area contributed by atoms with Crippen molar-refractivity contribution in [1.29, 1.82) is 0 Å². The molecule has 5 rings (SSSR count). The SMILES string of the molecule is COCCOc1cc2ncnc(Oc3ccc(NC(=O)Nc4ccc(F)cc4F)c(F)c3)c2c2c1OCCO2. The highest BCUT2D eigenvalue weighted by atomic mass is 19.1. The van der Waals surface area contributed by atoms with Gasteiger partial charge in [0.15, 0.2) is 11.5 Å². The summed E-state index contributed by atoms with van der Waals surface area (Å²) in [4.78, 5) is 20.7. The summed E-state index contributed by atoms with van der Waals surface area (Å²) in [6, 6.07) is 7.06. The molecule has 0 bridgehead atoms. The second-order valence-corrected chi connectivity index (χ2v) is 8.09.